The van der Waals surface area contributed by atoms with Crippen LogP contribution in [0.15, 0.2) is 61.3 Å². The highest BCUT2D eigenvalue weighted by Crippen LogP contribution is 2.33. The summed E-state index contributed by atoms with van der Waals surface area (Å²) in [6.45, 7) is 3.06. The first-order chi connectivity index (χ1) is 20.8. The Morgan fingerprint density at radius 1 is 0.930 bits per heavy atom. The number of likely N-dealkylation sites (tertiary alicyclic amines) is 1. The molecule has 6 heterocycles. The van der Waals surface area contributed by atoms with E-state index in [4.69, 9.17) is 4.98 Å². The van der Waals surface area contributed by atoms with E-state index < -0.39 is 15.8 Å². The van der Waals surface area contributed by atoms with Crippen LogP contribution in [-0.2, 0) is 23.1 Å². The highest BCUT2D eigenvalue weighted by molar-refractivity contribution is 7.88. The number of imidazole rings is 1. The van der Waals surface area contributed by atoms with Crippen molar-refractivity contribution in [3.8, 4) is 33.9 Å². The number of sulfonamides is 1. The Kier molecular flexibility index (Phi) is 6.92. The van der Waals surface area contributed by atoms with E-state index in [1.807, 2.05) is 18.5 Å². The number of rotatable bonds is 8. The van der Waals surface area contributed by atoms with Crippen molar-refractivity contribution in [3.63, 3.8) is 0 Å². The minimum atomic E-state index is -3.44. The zero-order chi connectivity index (χ0) is 29.6. The van der Waals surface area contributed by atoms with Crippen molar-refractivity contribution in [1.82, 2.24) is 44.7 Å². The second kappa shape index (κ2) is 10.9. The van der Waals surface area contributed by atoms with Gasteiger partial charge in [-0.2, -0.15) is 5.10 Å². The molecule has 5 aromatic heterocycles. The summed E-state index contributed by atoms with van der Waals surface area (Å²) in [6, 6.07) is 8.51. The molecule has 11 nitrogen and oxygen atoms in total. The Bertz CT molecular complexity index is 2080. The third-order valence-corrected chi connectivity index (χ3v) is 8.24. The molecule has 0 amide bonds. The molecule has 1 aliphatic rings. The third-order valence-electron chi connectivity index (χ3n) is 7.57. The van der Waals surface area contributed by atoms with Crippen LogP contribution in [0.2, 0.25) is 0 Å². The largest absolute Gasteiger partial charge is 0.335 e. The highest BCUT2D eigenvalue weighted by atomic mass is 32.2. The fraction of sp³-hybridized carbons (Fsp3) is 0.233. The van der Waals surface area contributed by atoms with Crippen molar-refractivity contribution in [1.29, 1.82) is 0 Å². The molecule has 0 aliphatic carbocycles. The predicted molar refractivity (Wildman–Crippen MR) is 162 cm³/mol. The molecule has 0 bridgehead atoms. The smallest absolute Gasteiger partial charge is 0.209 e. The molecule has 0 atom stereocenters. The van der Waals surface area contributed by atoms with Crippen molar-refractivity contribution in [3.05, 3.63) is 78.3 Å². The molecule has 218 valence electrons. The van der Waals surface area contributed by atoms with Crippen LogP contribution in [0.3, 0.4) is 0 Å². The molecule has 13 heteroatoms. The average molecular weight is 598 g/mol. The fourth-order valence-electron chi connectivity index (χ4n) is 5.55. The lowest BCUT2D eigenvalue weighted by atomic mass is 10.0. The van der Waals surface area contributed by atoms with Crippen LogP contribution in [0.5, 0.6) is 0 Å². The molecule has 0 unspecified atom stereocenters. The van der Waals surface area contributed by atoms with Gasteiger partial charge in [0.2, 0.25) is 10.0 Å². The summed E-state index contributed by atoms with van der Waals surface area (Å²) in [5.41, 5.74) is 7.06. The first-order valence-electron chi connectivity index (χ1n) is 13.9. The van der Waals surface area contributed by atoms with E-state index in [1.165, 1.54) is 25.0 Å². The fourth-order valence-corrected chi connectivity index (χ4v) is 5.98. The molecule has 0 radical (unpaired) electrons. The zero-order valence-electron chi connectivity index (χ0n) is 23.3. The Morgan fingerprint density at radius 2 is 1.74 bits per heavy atom. The van der Waals surface area contributed by atoms with E-state index in [2.05, 4.69) is 45.8 Å². The van der Waals surface area contributed by atoms with Crippen molar-refractivity contribution in [2.45, 2.75) is 25.9 Å². The van der Waals surface area contributed by atoms with Gasteiger partial charge in [0, 0.05) is 48.2 Å². The normalized spacial score (nSPS) is 14.3. The molecular weight excluding hydrogens is 569 g/mol. The third kappa shape index (κ3) is 5.74. The lowest BCUT2D eigenvalue weighted by Gasteiger charge is -2.14. The average Bonchev–Trinajstić information content (AvgIpc) is 3.75. The molecule has 0 spiro atoms. The maximum atomic E-state index is 14.6. The number of nitrogens with zero attached hydrogens (tertiary/aromatic N) is 6. The number of fused-ring (bicyclic) bond motifs is 2. The van der Waals surface area contributed by atoms with E-state index in [1.54, 1.807) is 24.7 Å². The highest BCUT2D eigenvalue weighted by Gasteiger charge is 2.18. The van der Waals surface area contributed by atoms with Gasteiger partial charge in [0.05, 0.1) is 40.9 Å². The van der Waals surface area contributed by atoms with Gasteiger partial charge in [0.1, 0.15) is 11.5 Å². The summed E-state index contributed by atoms with van der Waals surface area (Å²) in [6.07, 6.45) is 12.3. The molecule has 7 rings (SSSR count). The summed E-state index contributed by atoms with van der Waals surface area (Å²) in [5.74, 6) is 0.0248. The van der Waals surface area contributed by atoms with E-state index in [9.17, 15) is 12.8 Å². The molecule has 43 heavy (non-hydrogen) atoms. The van der Waals surface area contributed by atoms with Crippen LogP contribution in [0, 0.1) is 5.82 Å². The maximum absolute atomic E-state index is 14.6. The van der Waals surface area contributed by atoms with Crippen LogP contribution in [0.4, 0.5) is 4.39 Å². The molecule has 1 fully saturated rings. The standard InChI is InChI=1S/C30H28FN9O2S/c1-43(41,42)35-12-18-6-20(9-22(31)8-18)24-14-33-15-27-28(24)37-30(36-27)29-23-10-25(34-16-26(23)38-39-29)21-7-19(11-32-13-21)17-40-4-2-3-5-40/h6-11,13-16,35H,2-5,12,17H2,1H3,(H,36,37)(H,38,39). The number of halogens is 1. The summed E-state index contributed by atoms with van der Waals surface area (Å²) < 4.78 is 40.1. The molecule has 1 aromatic carbocycles. The van der Waals surface area contributed by atoms with E-state index in [-0.39, 0.29) is 6.54 Å². The minimum absolute atomic E-state index is 0.0366. The van der Waals surface area contributed by atoms with Crippen LogP contribution >= 0.6 is 0 Å². The number of benzene rings is 1. The second-order valence-electron chi connectivity index (χ2n) is 10.9. The minimum Gasteiger partial charge on any atom is -0.335 e. The Morgan fingerprint density at radius 3 is 2.58 bits per heavy atom. The Hall–Kier alpha value is -4.59. The number of aromatic amines is 2. The molecule has 1 saturated heterocycles. The summed E-state index contributed by atoms with van der Waals surface area (Å²) >= 11 is 0. The maximum Gasteiger partial charge on any atom is 0.209 e. The van der Waals surface area contributed by atoms with Crippen LogP contribution in [0.25, 0.3) is 55.8 Å². The van der Waals surface area contributed by atoms with Gasteiger partial charge in [-0.1, -0.05) is 0 Å². The summed E-state index contributed by atoms with van der Waals surface area (Å²) in [7, 11) is -3.44. The number of pyridine rings is 3. The SMILES string of the molecule is CS(=O)(=O)NCc1cc(F)cc(-c2cncc3[nH]c(-c4n[nH]c5cnc(-c6cncc(CN7CCCC7)c6)cc45)nc23)c1. The number of aromatic nitrogens is 7. The van der Waals surface area contributed by atoms with E-state index in [0.717, 1.165) is 53.6 Å². The number of nitrogens with one attached hydrogen (secondary N) is 3. The first-order valence-corrected chi connectivity index (χ1v) is 15.8. The zero-order valence-corrected chi connectivity index (χ0v) is 24.1. The topological polar surface area (TPSA) is 145 Å². The van der Waals surface area contributed by atoms with Crippen LogP contribution in [-0.4, -0.2) is 67.8 Å². The van der Waals surface area contributed by atoms with Crippen molar-refractivity contribution in [2.75, 3.05) is 19.3 Å². The lowest BCUT2D eigenvalue weighted by Crippen LogP contribution is -2.21. The molecular formula is C30H28FN9O2S. The molecule has 0 saturated carbocycles. The van der Waals surface area contributed by atoms with Crippen LogP contribution in [0.1, 0.15) is 24.0 Å². The van der Waals surface area contributed by atoms with Crippen LogP contribution < -0.4 is 4.72 Å². The quantitative estimate of drug-likeness (QED) is 0.234. The monoisotopic (exact) mass is 597 g/mol. The van der Waals surface area contributed by atoms with Gasteiger partial charge in [-0.15, -0.1) is 0 Å². The number of hydrogen-bond donors (Lipinski definition) is 3. The lowest BCUT2D eigenvalue weighted by molar-refractivity contribution is 0.331. The van der Waals surface area contributed by atoms with Gasteiger partial charge in [-0.05, 0) is 73.0 Å². The number of H-pyrrole nitrogens is 2. The van der Waals surface area contributed by atoms with Crippen molar-refractivity contribution < 1.29 is 12.8 Å². The molecule has 1 aliphatic heterocycles. The number of hydrogen-bond acceptors (Lipinski definition) is 8. The first kappa shape index (κ1) is 27.3. The van der Waals surface area contributed by atoms with Crippen molar-refractivity contribution in [2.24, 2.45) is 0 Å². The van der Waals surface area contributed by atoms with Gasteiger partial charge in [-0.3, -0.25) is 25.0 Å². The Balaban J connectivity index is 1.24. The van der Waals surface area contributed by atoms with Gasteiger partial charge >= 0.3 is 0 Å². The van der Waals surface area contributed by atoms with Crippen molar-refractivity contribution >= 4 is 32.0 Å². The Labute approximate surface area is 246 Å². The van der Waals surface area contributed by atoms with E-state index >= 15 is 0 Å². The van der Waals surface area contributed by atoms with Gasteiger partial charge in [0.15, 0.2) is 5.82 Å². The van der Waals surface area contributed by atoms with Gasteiger partial charge in [0.25, 0.3) is 0 Å². The molecule has 6 aromatic rings. The predicted octanol–water partition coefficient (Wildman–Crippen LogP) is 4.41. The van der Waals surface area contributed by atoms with Gasteiger partial charge in [-0.25, -0.2) is 22.5 Å². The summed E-state index contributed by atoms with van der Waals surface area (Å²) in [5, 5.41) is 8.41. The second-order valence-corrected chi connectivity index (χ2v) is 12.7. The molecule has 3 N–H and O–H groups in total. The summed E-state index contributed by atoms with van der Waals surface area (Å²) in [4.78, 5) is 24.1. The van der Waals surface area contributed by atoms with E-state index in [0.29, 0.717) is 39.2 Å². The van der Waals surface area contributed by atoms with Gasteiger partial charge < -0.3 is 4.98 Å².